The molecule has 4 heterocycles. The van der Waals surface area contributed by atoms with Crippen LogP contribution in [0.3, 0.4) is 0 Å². The SMILES string of the molecule is CCCCCc1cccc2c1C(=O)N([C@@]1(n3cnc4c(N)ncnc43)O[C@H](CO)[C@@H](O)[C@H]1O)C2=O. The summed E-state index contributed by atoms with van der Waals surface area (Å²) in [6.45, 7) is 1.40. The predicted molar refractivity (Wildman–Crippen MR) is 122 cm³/mol. The summed E-state index contributed by atoms with van der Waals surface area (Å²) in [6, 6.07) is 5.05. The van der Waals surface area contributed by atoms with Crippen LogP contribution in [0, 0.1) is 0 Å². The van der Waals surface area contributed by atoms with Gasteiger partial charge in [0.15, 0.2) is 17.6 Å². The number of nitrogens with zero attached hydrogens (tertiary/aromatic N) is 5. The summed E-state index contributed by atoms with van der Waals surface area (Å²) in [5.74, 6) is -3.64. The average Bonchev–Trinajstić information content (AvgIpc) is 3.48. The molecule has 0 bridgehead atoms. The van der Waals surface area contributed by atoms with Crippen molar-refractivity contribution in [3.8, 4) is 0 Å². The summed E-state index contributed by atoms with van der Waals surface area (Å²) in [7, 11) is 0. The molecule has 12 heteroatoms. The summed E-state index contributed by atoms with van der Waals surface area (Å²) < 4.78 is 7.15. The summed E-state index contributed by atoms with van der Waals surface area (Å²) in [6.07, 6.45) is 1.02. The van der Waals surface area contributed by atoms with Crippen molar-refractivity contribution < 1.29 is 29.6 Å². The van der Waals surface area contributed by atoms with E-state index in [0.717, 1.165) is 24.2 Å². The van der Waals surface area contributed by atoms with Crippen LogP contribution in [0.1, 0.15) is 52.5 Å². The lowest BCUT2D eigenvalue weighted by atomic mass is 9.98. The molecule has 35 heavy (non-hydrogen) atoms. The highest BCUT2D eigenvalue weighted by Gasteiger charge is 2.64. The minimum Gasteiger partial charge on any atom is -0.394 e. The first-order valence-corrected chi connectivity index (χ1v) is 11.5. The van der Waals surface area contributed by atoms with Gasteiger partial charge in [0.2, 0.25) is 0 Å². The Hall–Kier alpha value is -3.45. The standard InChI is InChI=1S/C23H26N6O6/c1-2-3-4-6-12-7-5-8-13-15(12)22(34)29(21(13)33)23(18(32)17(31)14(9-30)35-23)28-11-27-16-19(24)25-10-26-20(16)28/h5,7-8,10-11,14,17-18,30-32H,2-4,6,9H2,1H3,(H2,24,25,26)/t14-,17-,18-,23-/m1/s1. The van der Waals surface area contributed by atoms with E-state index >= 15 is 0 Å². The molecule has 0 aliphatic carbocycles. The minimum absolute atomic E-state index is 0.0382. The van der Waals surface area contributed by atoms with Gasteiger partial charge in [-0.3, -0.25) is 14.2 Å². The van der Waals surface area contributed by atoms with E-state index in [1.165, 1.54) is 17.2 Å². The van der Waals surface area contributed by atoms with Gasteiger partial charge < -0.3 is 25.8 Å². The third-order valence-electron chi connectivity index (χ3n) is 6.67. The quantitative estimate of drug-likeness (QED) is 0.268. The van der Waals surface area contributed by atoms with Gasteiger partial charge in [-0.15, -0.1) is 0 Å². The van der Waals surface area contributed by atoms with Crippen molar-refractivity contribution >= 4 is 28.8 Å². The molecular weight excluding hydrogens is 456 g/mol. The number of carbonyl (C=O) groups excluding carboxylic acids is 2. The molecule has 3 aromatic rings. The molecule has 184 valence electrons. The van der Waals surface area contributed by atoms with Crippen molar-refractivity contribution in [3.05, 3.63) is 47.5 Å². The van der Waals surface area contributed by atoms with E-state index in [0.29, 0.717) is 12.0 Å². The number of amides is 2. The van der Waals surface area contributed by atoms with Crippen molar-refractivity contribution in [2.45, 2.75) is 56.8 Å². The van der Waals surface area contributed by atoms with Gasteiger partial charge in [-0.1, -0.05) is 31.9 Å². The number of imidazole rings is 1. The number of carbonyl (C=O) groups is 2. The van der Waals surface area contributed by atoms with Gasteiger partial charge >= 0.3 is 0 Å². The minimum atomic E-state index is -2.28. The number of unbranched alkanes of at least 4 members (excludes halogenated alkanes) is 2. The number of aryl methyl sites for hydroxylation is 1. The normalized spacial score (nSPS) is 26.2. The Labute approximate surface area is 200 Å². The van der Waals surface area contributed by atoms with E-state index in [1.807, 2.05) is 0 Å². The molecule has 5 N–H and O–H groups in total. The van der Waals surface area contributed by atoms with Gasteiger partial charge in [0.05, 0.1) is 17.7 Å². The van der Waals surface area contributed by atoms with Crippen LogP contribution in [0.15, 0.2) is 30.9 Å². The first kappa shape index (κ1) is 23.3. The molecule has 2 amide bonds. The van der Waals surface area contributed by atoms with E-state index in [1.54, 1.807) is 18.2 Å². The molecular formula is C23H26N6O6. The van der Waals surface area contributed by atoms with Crippen LogP contribution >= 0.6 is 0 Å². The Bertz CT molecular complexity index is 1310. The fraction of sp³-hybridized carbons (Fsp3) is 0.435. The van der Waals surface area contributed by atoms with Gasteiger partial charge in [0.25, 0.3) is 17.7 Å². The topological polar surface area (TPSA) is 177 Å². The highest BCUT2D eigenvalue weighted by molar-refractivity contribution is 6.22. The van der Waals surface area contributed by atoms with Crippen LogP contribution in [0.2, 0.25) is 0 Å². The third kappa shape index (κ3) is 3.25. The number of benzene rings is 1. The molecule has 0 radical (unpaired) electrons. The number of nitrogen functional groups attached to an aromatic ring is 1. The number of nitrogens with two attached hydrogens (primary N) is 1. The lowest BCUT2D eigenvalue weighted by Crippen LogP contribution is -2.60. The Morgan fingerprint density at radius 2 is 1.94 bits per heavy atom. The third-order valence-corrected chi connectivity index (χ3v) is 6.67. The highest BCUT2D eigenvalue weighted by atomic mass is 16.6. The van der Waals surface area contributed by atoms with Gasteiger partial charge in [-0.25, -0.2) is 19.9 Å². The average molecular weight is 482 g/mol. The second-order valence-corrected chi connectivity index (χ2v) is 8.72. The number of fused-ring (bicyclic) bond motifs is 2. The fourth-order valence-electron chi connectivity index (χ4n) is 4.93. The summed E-state index contributed by atoms with van der Waals surface area (Å²) >= 11 is 0. The number of ether oxygens (including phenoxy) is 1. The number of anilines is 1. The molecule has 1 fully saturated rings. The largest absolute Gasteiger partial charge is 0.394 e. The van der Waals surface area contributed by atoms with Gasteiger partial charge in [-0.05, 0) is 24.5 Å². The number of aliphatic hydroxyl groups excluding tert-OH is 3. The summed E-state index contributed by atoms with van der Waals surface area (Å²) in [5, 5.41) is 31.8. The van der Waals surface area contributed by atoms with E-state index < -0.39 is 42.6 Å². The Morgan fingerprint density at radius 3 is 2.66 bits per heavy atom. The Morgan fingerprint density at radius 1 is 1.14 bits per heavy atom. The van der Waals surface area contributed by atoms with Crippen molar-refractivity contribution in [1.29, 1.82) is 0 Å². The molecule has 0 spiro atoms. The van der Waals surface area contributed by atoms with E-state index in [2.05, 4.69) is 21.9 Å². The fourth-order valence-corrected chi connectivity index (χ4v) is 4.93. The smallest absolute Gasteiger partial charge is 0.267 e. The zero-order chi connectivity index (χ0) is 24.9. The second kappa shape index (κ2) is 8.64. The molecule has 2 aliphatic rings. The maximum atomic E-state index is 13.9. The van der Waals surface area contributed by atoms with E-state index in [9.17, 15) is 24.9 Å². The van der Waals surface area contributed by atoms with Crippen LogP contribution in [-0.2, 0) is 17.0 Å². The predicted octanol–water partition coefficient (Wildman–Crippen LogP) is 0.161. The van der Waals surface area contributed by atoms with E-state index in [4.69, 9.17) is 10.5 Å². The molecule has 1 saturated heterocycles. The molecule has 2 aliphatic heterocycles. The first-order chi connectivity index (χ1) is 16.9. The molecule has 5 rings (SSSR count). The molecule has 1 aromatic carbocycles. The van der Waals surface area contributed by atoms with Crippen LogP contribution in [0.25, 0.3) is 11.2 Å². The van der Waals surface area contributed by atoms with Crippen LogP contribution in [-0.4, -0.2) is 76.5 Å². The zero-order valence-corrected chi connectivity index (χ0v) is 19.0. The number of hydrogen-bond acceptors (Lipinski definition) is 10. The Balaban J connectivity index is 1.70. The number of aliphatic hydroxyl groups is 3. The monoisotopic (exact) mass is 482 g/mol. The van der Waals surface area contributed by atoms with Crippen LogP contribution in [0.5, 0.6) is 0 Å². The molecule has 2 aromatic heterocycles. The van der Waals surface area contributed by atoms with Gasteiger partial charge in [-0.2, -0.15) is 0 Å². The Kier molecular flexibility index (Phi) is 5.75. The molecule has 12 nitrogen and oxygen atoms in total. The lowest BCUT2D eigenvalue weighted by Gasteiger charge is -2.39. The van der Waals surface area contributed by atoms with Crippen molar-refractivity contribution in [2.75, 3.05) is 12.3 Å². The highest BCUT2D eigenvalue weighted by Crippen LogP contribution is 2.44. The zero-order valence-electron chi connectivity index (χ0n) is 19.0. The van der Waals surface area contributed by atoms with Crippen molar-refractivity contribution in [2.24, 2.45) is 0 Å². The summed E-state index contributed by atoms with van der Waals surface area (Å²) in [4.78, 5) is 40.6. The van der Waals surface area contributed by atoms with E-state index in [-0.39, 0.29) is 28.1 Å². The van der Waals surface area contributed by atoms with Crippen LogP contribution in [0.4, 0.5) is 5.82 Å². The number of imide groups is 1. The van der Waals surface area contributed by atoms with Gasteiger partial charge in [0, 0.05) is 0 Å². The molecule has 0 unspecified atom stereocenters. The van der Waals surface area contributed by atoms with Gasteiger partial charge in [0.1, 0.15) is 30.4 Å². The van der Waals surface area contributed by atoms with Crippen LogP contribution < -0.4 is 5.73 Å². The molecule has 0 saturated carbocycles. The molecule has 4 atom stereocenters. The number of aromatic nitrogens is 4. The second-order valence-electron chi connectivity index (χ2n) is 8.72. The maximum absolute atomic E-state index is 13.9. The summed E-state index contributed by atoms with van der Waals surface area (Å²) in [5.41, 5.74) is 7.24. The van der Waals surface area contributed by atoms with Crippen molar-refractivity contribution in [1.82, 2.24) is 24.4 Å². The number of rotatable bonds is 7. The maximum Gasteiger partial charge on any atom is 0.267 e. The number of hydrogen-bond donors (Lipinski definition) is 4. The first-order valence-electron chi connectivity index (χ1n) is 11.5. The lowest BCUT2D eigenvalue weighted by molar-refractivity contribution is -0.208. The van der Waals surface area contributed by atoms with Crippen molar-refractivity contribution in [3.63, 3.8) is 0 Å².